The normalized spacial score (nSPS) is 19.3. The molecule has 1 aromatic rings. The maximum atomic E-state index is 11.6. The van der Waals surface area contributed by atoms with Gasteiger partial charge in [0.25, 0.3) is 0 Å². The van der Waals surface area contributed by atoms with E-state index in [0.717, 1.165) is 16.7 Å². The van der Waals surface area contributed by atoms with E-state index < -0.39 is 0 Å². The van der Waals surface area contributed by atoms with Crippen LogP contribution >= 0.6 is 0 Å². The summed E-state index contributed by atoms with van der Waals surface area (Å²) in [7, 11) is 0. The van der Waals surface area contributed by atoms with Crippen LogP contribution in [0.2, 0.25) is 0 Å². The van der Waals surface area contributed by atoms with Crippen molar-refractivity contribution in [3.05, 3.63) is 41.5 Å². The van der Waals surface area contributed by atoms with Crippen LogP contribution in [0.25, 0.3) is 5.57 Å². The number of hydrogen-bond acceptors (Lipinski definition) is 1. The lowest BCUT2D eigenvalue weighted by atomic mass is 9.88. The third-order valence-corrected chi connectivity index (χ3v) is 2.83. The second-order valence-electron chi connectivity index (χ2n) is 4.45. The molecule has 1 N–H and O–H groups in total. The highest BCUT2D eigenvalue weighted by Crippen LogP contribution is 2.34. The lowest BCUT2D eigenvalue weighted by Crippen LogP contribution is -2.37. The van der Waals surface area contributed by atoms with Crippen LogP contribution in [0.3, 0.4) is 0 Å². The Balaban J connectivity index is 2.57. The van der Waals surface area contributed by atoms with Crippen molar-refractivity contribution in [1.29, 1.82) is 0 Å². The first-order valence-electron chi connectivity index (χ1n) is 5.11. The van der Waals surface area contributed by atoms with Gasteiger partial charge >= 0.3 is 0 Å². The number of carbonyl (C=O) groups is 1. The Bertz CT molecular complexity index is 429. The predicted octanol–water partition coefficient (Wildman–Crippen LogP) is 2.37. The summed E-state index contributed by atoms with van der Waals surface area (Å²) in [4.78, 5) is 11.6. The summed E-state index contributed by atoms with van der Waals surface area (Å²) in [5, 5.41) is 2.98. The first kappa shape index (κ1) is 9.97. The van der Waals surface area contributed by atoms with Crippen molar-refractivity contribution < 1.29 is 4.79 Å². The molecule has 0 radical (unpaired) electrons. The standard InChI is InChI=1S/C13H15NO/c1-9-11(10-7-5-4-6-8-10)13(2,3)14-12(9)15/h4-8H,1-3H3,(H,14,15). The molecule has 0 aliphatic carbocycles. The van der Waals surface area contributed by atoms with Crippen LogP contribution in [-0.4, -0.2) is 11.4 Å². The third kappa shape index (κ3) is 1.56. The van der Waals surface area contributed by atoms with E-state index in [1.807, 2.05) is 51.1 Å². The van der Waals surface area contributed by atoms with E-state index in [9.17, 15) is 4.79 Å². The molecule has 2 rings (SSSR count). The lowest BCUT2D eigenvalue weighted by Gasteiger charge is -2.23. The highest BCUT2D eigenvalue weighted by molar-refractivity contribution is 6.08. The minimum Gasteiger partial charge on any atom is -0.343 e. The van der Waals surface area contributed by atoms with E-state index in [-0.39, 0.29) is 11.4 Å². The van der Waals surface area contributed by atoms with E-state index in [1.54, 1.807) is 0 Å². The van der Waals surface area contributed by atoms with E-state index in [2.05, 4.69) is 5.32 Å². The van der Waals surface area contributed by atoms with Crippen LogP contribution < -0.4 is 5.32 Å². The summed E-state index contributed by atoms with van der Waals surface area (Å²) in [6, 6.07) is 10.1. The SMILES string of the molecule is CC1=C(c2ccccc2)C(C)(C)NC1=O. The monoisotopic (exact) mass is 201 g/mol. The van der Waals surface area contributed by atoms with Crippen LogP contribution in [0.5, 0.6) is 0 Å². The Kier molecular flexibility index (Phi) is 2.14. The molecule has 2 nitrogen and oxygen atoms in total. The summed E-state index contributed by atoms with van der Waals surface area (Å²) in [5.74, 6) is 0.0406. The fraction of sp³-hybridized carbons (Fsp3) is 0.308. The van der Waals surface area contributed by atoms with Crippen molar-refractivity contribution >= 4 is 11.5 Å². The zero-order valence-corrected chi connectivity index (χ0v) is 9.29. The number of amides is 1. The number of benzene rings is 1. The summed E-state index contributed by atoms with van der Waals surface area (Å²) < 4.78 is 0. The molecule has 1 aliphatic heterocycles. The van der Waals surface area contributed by atoms with Crippen molar-refractivity contribution in [2.75, 3.05) is 0 Å². The molecular weight excluding hydrogens is 186 g/mol. The molecule has 0 aromatic heterocycles. The average Bonchev–Trinajstić information content (AvgIpc) is 2.37. The molecule has 1 heterocycles. The summed E-state index contributed by atoms with van der Waals surface area (Å²) in [6.07, 6.45) is 0. The second-order valence-corrected chi connectivity index (χ2v) is 4.45. The van der Waals surface area contributed by atoms with Crippen LogP contribution in [-0.2, 0) is 4.79 Å². The van der Waals surface area contributed by atoms with Gasteiger partial charge in [0.05, 0.1) is 5.54 Å². The maximum absolute atomic E-state index is 11.6. The molecule has 0 spiro atoms. The van der Waals surface area contributed by atoms with Crippen LogP contribution in [0.1, 0.15) is 26.3 Å². The second kappa shape index (κ2) is 3.23. The molecule has 0 saturated carbocycles. The first-order valence-corrected chi connectivity index (χ1v) is 5.11. The topological polar surface area (TPSA) is 29.1 Å². The van der Waals surface area contributed by atoms with Gasteiger partial charge in [-0.3, -0.25) is 4.79 Å². The lowest BCUT2D eigenvalue weighted by molar-refractivity contribution is -0.117. The average molecular weight is 201 g/mol. The number of rotatable bonds is 1. The van der Waals surface area contributed by atoms with E-state index in [0.29, 0.717) is 0 Å². The molecule has 15 heavy (non-hydrogen) atoms. The zero-order chi connectivity index (χ0) is 11.1. The van der Waals surface area contributed by atoms with Gasteiger partial charge in [-0.1, -0.05) is 30.3 Å². The molecule has 78 valence electrons. The van der Waals surface area contributed by atoms with Crippen molar-refractivity contribution in [3.63, 3.8) is 0 Å². The van der Waals surface area contributed by atoms with Crippen LogP contribution in [0, 0.1) is 0 Å². The number of hydrogen-bond donors (Lipinski definition) is 1. The predicted molar refractivity (Wildman–Crippen MR) is 61.3 cm³/mol. The molecule has 2 heteroatoms. The summed E-state index contributed by atoms with van der Waals surface area (Å²) >= 11 is 0. The van der Waals surface area contributed by atoms with Crippen LogP contribution in [0.4, 0.5) is 0 Å². The molecule has 0 unspecified atom stereocenters. The van der Waals surface area contributed by atoms with Gasteiger partial charge in [-0.25, -0.2) is 0 Å². The van der Waals surface area contributed by atoms with E-state index in [1.165, 1.54) is 0 Å². The third-order valence-electron chi connectivity index (χ3n) is 2.83. The Morgan fingerprint density at radius 1 is 1.13 bits per heavy atom. The molecule has 0 atom stereocenters. The van der Waals surface area contributed by atoms with Crippen molar-refractivity contribution in [2.45, 2.75) is 26.3 Å². The zero-order valence-electron chi connectivity index (χ0n) is 9.29. The van der Waals surface area contributed by atoms with Gasteiger partial charge in [0.1, 0.15) is 0 Å². The first-order chi connectivity index (χ1) is 7.02. The largest absolute Gasteiger partial charge is 0.343 e. The maximum Gasteiger partial charge on any atom is 0.247 e. The molecule has 0 bridgehead atoms. The highest BCUT2D eigenvalue weighted by Gasteiger charge is 2.35. The summed E-state index contributed by atoms with van der Waals surface area (Å²) in [6.45, 7) is 5.94. The quantitative estimate of drug-likeness (QED) is 0.742. The molecule has 0 saturated heterocycles. The molecular formula is C13H15NO. The number of carbonyl (C=O) groups excluding carboxylic acids is 1. The smallest absolute Gasteiger partial charge is 0.247 e. The van der Waals surface area contributed by atoms with Crippen LogP contribution in [0.15, 0.2) is 35.9 Å². The minimum atomic E-state index is -0.261. The van der Waals surface area contributed by atoms with Crippen molar-refractivity contribution in [1.82, 2.24) is 5.32 Å². The van der Waals surface area contributed by atoms with Crippen molar-refractivity contribution in [2.24, 2.45) is 0 Å². The Morgan fingerprint density at radius 3 is 2.20 bits per heavy atom. The van der Waals surface area contributed by atoms with Gasteiger partial charge in [0, 0.05) is 5.57 Å². The van der Waals surface area contributed by atoms with Gasteiger partial charge in [-0.05, 0) is 31.9 Å². The molecule has 1 aromatic carbocycles. The minimum absolute atomic E-state index is 0.0406. The highest BCUT2D eigenvalue weighted by atomic mass is 16.2. The van der Waals surface area contributed by atoms with E-state index in [4.69, 9.17) is 0 Å². The van der Waals surface area contributed by atoms with Gasteiger partial charge in [-0.15, -0.1) is 0 Å². The molecule has 1 aliphatic rings. The van der Waals surface area contributed by atoms with Gasteiger partial charge < -0.3 is 5.32 Å². The summed E-state index contributed by atoms with van der Waals surface area (Å²) in [5.41, 5.74) is 2.79. The van der Waals surface area contributed by atoms with Gasteiger partial charge in [0.2, 0.25) is 5.91 Å². The molecule has 1 amide bonds. The van der Waals surface area contributed by atoms with E-state index >= 15 is 0 Å². The van der Waals surface area contributed by atoms with Crippen molar-refractivity contribution in [3.8, 4) is 0 Å². The fourth-order valence-corrected chi connectivity index (χ4v) is 2.20. The van der Waals surface area contributed by atoms with Gasteiger partial charge in [0.15, 0.2) is 0 Å². The molecule has 0 fully saturated rings. The Hall–Kier alpha value is -1.57. The Labute approximate surface area is 90.0 Å². The van der Waals surface area contributed by atoms with Gasteiger partial charge in [-0.2, -0.15) is 0 Å². The number of nitrogens with one attached hydrogen (secondary N) is 1. The Morgan fingerprint density at radius 2 is 1.73 bits per heavy atom. The fourth-order valence-electron chi connectivity index (χ4n) is 2.20.